The molecule has 2 saturated carbocycles. The number of hydrogen-bond donors (Lipinski definition) is 6. The molecule has 0 radical (unpaired) electrons. The first-order valence-electron chi connectivity index (χ1n) is 13.8. The minimum Gasteiger partial charge on any atom is -0.508 e. The van der Waals surface area contributed by atoms with Crippen molar-refractivity contribution in [1.82, 2.24) is 4.90 Å². The van der Waals surface area contributed by atoms with E-state index in [0.29, 0.717) is 12.3 Å². The highest BCUT2D eigenvalue weighted by Crippen LogP contribution is 2.53. The molecule has 0 heterocycles. The summed E-state index contributed by atoms with van der Waals surface area (Å²) in [5.41, 5.74) is 0.437. The second-order valence-corrected chi connectivity index (χ2v) is 11.8. The van der Waals surface area contributed by atoms with Crippen molar-refractivity contribution in [2.24, 2.45) is 23.5 Å². The predicted molar refractivity (Wildman–Crippen MR) is 144 cm³/mol. The van der Waals surface area contributed by atoms with Crippen molar-refractivity contribution in [1.29, 1.82) is 0 Å². The number of benzene rings is 1. The van der Waals surface area contributed by atoms with Crippen LogP contribution in [0.1, 0.15) is 56.1 Å². The Kier molecular flexibility index (Phi) is 7.19. The molecule has 4 aliphatic rings. The van der Waals surface area contributed by atoms with Gasteiger partial charge >= 0.3 is 0 Å². The maximum atomic E-state index is 15.4. The Bertz CT molecular complexity index is 1430. The number of nitrogens with zero attached hydrogens (tertiary/aromatic N) is 1. The summed E-state index contributed by atoms with van der Waals surface area (Å²) < 4.78 is 15.4. The van der Waals surface area contributed by atoms with E-state index >= 15 is 4.39 Å². The van der Waals surface area contributed by atoms with E-state index in [9.17, 15) is 39.6 Å². The summed E-state index contributed by atoms with van der Waals surface area (Å²) in [7, 11) is 2.99. The van der Waals surface area contributed by atoms with Crippen LogP contribution in [0, 0.1) is 23.6 Å². The van der Waals surface area contributed by atoms with E-state index in [0.717, 1.165) is 31.7 Å². The van der Waals surface area contributed by atoms with E-state index in [4.69, 9.17) is 5.73 Å². The molecule has 1 aromatic rings. The smallest absolute Gasteiger partial charge is 0.255 e. The van der Waals surface area contributed by atoms with Crippen molar-refractivity contribution in [2.75, 3.05) is 19.4 Å². The van der Waals surface area contributed by atoms with E-state index in [-0.39, 0.29) is 30.5 Å². The van der Waals surface area contributed by atoms with Crippen LogP contribution in [0.5, 0.6) is 5.75 Å². The summed E-state index contributed by atoms with van der Waals surface area (Å²) in [6.07, 6.45) is 4.84. The van der Waals surface area contributed by atoms with Gasteiger partial charge in [0.2, 0.25) is 11.7 Å². The van der Waals surface area contributed by atoms with Gasteiger partial charge in [-0.25, -0.2) is 4.39 Å². The van der Waals surface area contributed by atoms with Gasteiger partial charge in [0.25, 0.3) is 5.91 Å². The number of anilines is 1. The van der Waals surface area contributed by atoms with Crippen LogP contribution in [-0.4, -0.2) is 74.4 Å². The van der Waals surface area contributed by atoms with Gasteiger partial charge in [0.15, 0.2) is 17.1 Å². The number of Topliss-reactive ketones (excluding diaryl/α,β-unsaturated/α-hetero) is 2. The van der Waals surface area contributed by atoms with Gasteiger partial charge in [-0.1, -0.05) is 25.7 Å². The van der Waals surface area contributed by atoms with E-state index in [1.54, 1.807) is 0 Å². The normalized spacial score (nSPS) is 28.1. The fraction of sp³-hybridized carbons (Fsp3) is 0.517. The molecular formula is C29H34FN3O8. The van der Waals surface area contributed by atoms with Gasteiger partial charge in [-0.2, -0.15) is 0 Å². The van der Waals surface area contributed by atoms with Crippen molar-refractivity contribution < 1.29 is 44.0 Å². The molecule has 2 fully saturated rings. The Morgan fingerprint density at radius 1 is 1.17 bits per heavy atom. The number of carbonyl (C=O) groups excluding carboxylic acids is 4. The minimum absolute atomic E-state index is 0.0999. The van der Waals surface area contributed by atoms with Gasteiger partial charge in [0, 0.05) is 29.5 Å². The highest BCUT2D eigenvalue weighted by atomic mass is 19.1. The third-order valence-electron chi connectivity index (χ3n) is 9.19. The van der Waals surface area contributed by atoms with Crippen LogP contribution in [0.15, 0.2) is 23.0 Å². The van der Waals surface area contributed by atoms with Gasteiger partial charge in [0.1, 0.15) is 22.9 Å². The van der Waals surface area contributed by atoms with Crippen LogP contribution in [0.3, 0.4) is 0 Å². The van der Waals surface area contributed by atoms with E-state index in [1.165, 1.54) is 19.0 Å². The molecule has 220 valence electrons. The quantitative estimate of drug-likeness (QED) is 0.219. The Balaban J connectivity index is 1.55. The second kappa shape index (κ2) is 10.3. The number of hydrogen-bond acceptors (Lipinski definition) is 9. The molecule has 0 aliphatic heterocycles. The molecule has 4 aliphatic carbocycles. The highest BCUT2D eigenvalue weighted by molar-refractivity contribution is 6.24. The number of nitrogens with two attached hydrogens (primary N) is 1. The zero-order valence-corrected chi connectivity index (χ0v) is 22.9. The van der Waals surface area contributed by atoms with Crippen molar-refractivity contribution in [3.63, 3.8) is 0 Å². The van der Waals surface area contributed by atoms with Gasteiger partial charge in [-0.05, 0) is 45.2 Å². The number of ketones is 2. The van der Waals surface area contributed by atoms with Crippen molar-refractivity contribution >= 4 is 34.8 Å². The molecular weight excluding hydrogens is 537 g/mol. The lowest BCUT2D eigenvalue weighted by atomic mass is 9.57. The second-order valence-electron chi connectivity index (χ2n) is 11.8. The monoisotopic (exact) mass is 571 g/mol. The van der Waals surface area contributed by atoms with Gasteiger partial charge < -0.3 is 31.5 Å². The summed E-state index contributed by atoms with van der Waals surface area (Å²) in [5, 5.41) is 47.3. The number of phenols is 1. The number of aromatic hydroxyl groups is 1. The zero-order chi connectivity index (χ0) is 30.0. The van der Waals surface area contributed by atoms with E-state index in [1.807, 2.05) is 0 Å². The van der Waals surface area contributed by atoms with E-state index in [2.05, 4.69) is 5.32 Å². The maximum Gasteiger partial charge on any atom is 0.255 e. The molecule has 4 atom stereocenters. The molecule has 0 saturated heterocycles. The average molecular weight is 572 g/mol. The molecule has 7 N–H and O–H groups in total. The fourth-order valence-corrected chi connectivity index (χ4v) is 7.21. The first-order chi connectivity index (χ1) is 19.3. The molecule has 2 amide bonds. The summed E-state index contributed by atoms with van der Waals surface area (Å²) in [6.45, 7) is 0. The molecule has 0 aromatic heterocycles. The molecule has 0 spiro atoms. The maximum absolute atomic E-state index is 15.4. The summed E-state index contributed by atoms with van der Waals surface area (Å²) in [5.74, 6) is -9.03. The Hall–Kier alpha value is -3.77. The van der Waals surface area contributed by atoms with Gasteiger partial charge in [-0.15, -0.1) is 0 Å². The number of likely N-dealkylation sites (N-methyl/N-ethyl adjacent to an activating group) is 1. The fourth-order valence-electron chi connectivity index (χ4n) is 7.21. The molecule has 0 bridgehead atoms. The summed E-state index contributed by atoms with van der Waals surface area (Å²) in [6, 6.07) is -0.269. The molecule has 11 nitrogen and oxygen atoms in total. The standard InChI is InChI=1S/C29H34FN3O8/c1-33(2)22-15-10-13-9-14-16(30)11-17(32-18(34)8-7-12-5-3-4-6-12)23(35)20(14)24(36)19(13)26(38)29(15,41)27(39)21(25(22)37)28(31)40/h11-13,15,22,35-36,39,41H,3-10H2,1-2H3,(H2,31,40)(H,32,34)/t13-,15-,22-,29-/m0/s1. The van der Waals surface area contributed by atoms with Crippen LogP contribution >= 0.6 is 0 Å². The number of amides is 2. The zero-order valence-electron chi connectivity index (χ0n) is 22.9. The summed E-state index contributed by atoms with van der Waals surface area (Å²) >= 11 is 0. The van der Waals surface area contributed by atoms with Crippen LogP contribution in [0.2, 0.25) is 0 Å². The van der Waals surface area contributed by atoms with Crippen LogP contribution in [0.25, 0.3) is 5.76 Å². The third-order valence-corrected chi connectivity index (χ3v) is 9.19. The number of carbonyl (C=O) groups is 4. The number of aliphatic hydroxyl groups is 3. The largest absolute Gasteiger partial charge is 0.508 e. The number of nitrogens with one attached hydrogen (secondary N) is 1. The Morgan fingerprint density at radius 3 is 2.44 bits per heavy atom. The number of halogens is 1. The van der Waals surface area contributed by atoms with Crippen molar-refractivity contribution in [3.8, 4) is 5.75 Å². The van der Waals surface area contributed by atoms with Crippen LogP contribution < -0.4 is 11.1 Å². The number of primary amides is 1. The number of fused-ring (bicyclic) bond motifs is 3. The SMILES string of the molecule is CN(C)[C@@H]1C(=O)C(C(N)=O)=C(O)[C@@]2(O)C(=O)C3=C(O)c4c(O)c(NC(=O)CCC5CCCC5)cc(F)c4C[C@H]3C[C@@H]12. The number of aliphatic hydroxyl groups excluding tert-OH is 2. The Morgan fingerprint density at radius 2 is 1.83 bits per heavy atom. The first-order valence-corrected chi connectivity index (χ1v) is 13.8. The topological polar surface area (TPSA) is 190 Å². The Labute approximate surface area is 235 Å². The molecule has 41 heavy (non-hydrogen) atoms. The molecule has 0 unspecified atom stereocenters. The molecule has 12 heteroatoms. The van der Waals surface area contributed by atoms with Crippen LogP contribution in [-0.2, 0) is 25.6 Å². The van der Waals surface area contributed by atoms with Crippen molar-refractivity contribution in [2.45, 2.75) is 63.0 Å². The average Bonchev–Trinajstić information content (AvgIpc) is 3.41. The third kappa shape index (κ3) is 4.40. The molecule has 5 rings (SSSR count). The minimum atomic E-state index is -2.79. The van der Waals surface area contributed by atoms with Crippen LogP contribution in [0.4, 0.5) is 10.1 Å². The lowest BCUT2D eigenvalue weighted by Crippen LogP contribution is -2.65. The van der Waals surface area contributed by atoms with Gasteiger partial charge in [-0.3, -0.25) is 24.1 Å². The van der Waals surface area contributed by atoms with Crippen molar-refractivity contribution in [3.05, 3.63) is 39.9 Å². The van der Waals surface area contributed by atoms with E-state index < -0.39 is 86.7 Å². The van der Waals surface area contributed by atoms with Gasteiger partial charge in [0.05, 0.1) is 17.3 Å². The first kappa shape index (κ1) is 28.7. The lowest BCUT2D eigenvalue weighted by Gasteiger charge is -2.50. The highest BCUT2D eigenvalue weighted by Gasteiger charge is 2.64. The number of phenolic OH excluding ortho intramolecular Hbond substituents is 1. The summed E-state index contributed by atoms with van der Waals surface area (Å²) in [4.78, 5) is 53.0. The molecule has 1 aromatic carbocycles. The number of rotatable bonds is 6. The lowest BCUT2D eigenvalue weighted by molar-refractivity contribution is -0.153. The predicted octanol–water partition coefficient (Wildman–Crippen LogP) is 2.01.